The Morgan fingerprint density at radius 1 is 1.18 bits per heavy atom. The van der Waals surface area contributed by atoms with Gasteiger partial charge in [0.05, 0.1) is 16.6 Å². The molecule has 0 bridgehead atoms. The minimum Gasteiger partial charge on any atom is -0.327 e. The van der Waals surface area contributed by atoms with Crippen molar-refractivity contribution in [3.63, 3.8) is 0 Å². The molecule has 0 aliphatic heterocycles. The largest absolute Gasteiger partial charge is 0.327 e. The lowest BCUT2D eigenvalue weighted by Crippen LogP contribution is -1.96. The van der Waals surface area contributed by atoms with Gasteiger partial charge in [-0.05, 0) is 35.9 Å². The van der Waals surface area contributed by atoms with Crippen LogP contribution in [0.1, 0.15) is 17.0 Å². The summed E-state index contributed by atoms with van der Waals surface area (Å²) in [5.41, 5.74) is 4.14. The van der Waals surface area contributed by atoms with Crippen LogP contribution in [-0.2, 0) is 7.05 Å². The van der Waals surface area contributed by atoms with E-state index in [1.165, 1.54) is 0 Å². The summed E-state index contributed by atoms with van der Waals surface area (Å²) >= 11 is 0. The second kappa shape index (κ2) is 5.60. The summed E-state index contributed by atoms with van der Waals surface area (Å²) in [6.45, 7) is 0. The van der Waals surface area contributed by atoms with Crippen LogP contribution in [0.25, 0.3) is 22.7 Å². The minimum absolute atomic E-state index is 0.521. The van der Waals surface area contributed by atoms with Gasteiger partial charge in [0.15, 0.2) is 5.82 Å². The number of imidazole rings is 1. The maximum absolute atomic E-state index is 9.49. The van der Waals surface area contributed by atoms with E-state index < -0.39 is 0 Å². The smallest absolute Gasteiger partial charge is 0.151 e. The maximum atomic E-state index is 9.49. The third kappa shape index (κ3) is 2.37. The van der Waals surface area contributed by atoms with Crippen LogP contribution in [0.4, 0.5) is 0 Å². The molecule has 1 aromatic heterocycles. The number of benzene rings is 2. The number of rotatable bonds is 2. The number of hydrogen-bond donors (Lipinski definition) is 0. The molecule has 3 rings (SSSR count). The van der Waals surface area contributed by atoms with Crippen LogP contribution in [-0.4, -0.2) is 9.55 Å². The van der Waals surface area contributed by atoms with Crippen molar-refractivity contribution >= 4 is 22.7 Å². The first-order chi connectivity index (χ1) is 10.7. The Morgan fingerprint density at radius 2 is 1.91 bits per heavy atom. The fraction of sp³-hybridized carbons (Fsp3) is 0.0526. The quantitative estimate of drug-likeness (QED) is 0.532. The molecule has 3 nitrogen and oxygen atoms in total. The molecule has 2 aromatic carbocycles. The number of fused-ring (bicyclic) bond motifs is 1. The standard InChI is InChI=1S/C19H13N3/c1-3-14-8-10-15(11-9-14)12-16(13-20)19-21-17-6-4-5-7-18(17)22(19)2/h1,4-12H,2H3/b16-12-. The lowest BCUT2D eigenvalue weighted by molar-refractivity contribution is 0.925. The first-order valence-corrected chi connectivity index (χ1v) is 6.83. The highest BCUT2D eigenvalue weighted by Gasteiger charge is 2.11. The molecule has 104 valence electrons. The Balaban J connectivity index is 2.09. The Kier molecular flexibility index (Phi) is 3.48. The molecule has 0 saturated heterocycles. The number of terminal acetylenes is 1. The molecular formula is C19H13N3. The van der Waals surface area contributed by atoms with Crippen LogP contribution in [0.2, 0.25) is 0 Å². The molecular weight excluding hydrogens is 270 g/mol. The molecule has 22 heavy (non-hydrogen) atoms. The molecule has 0 unspecified atom stereocenters. The topological polar surface area (TPSA) is 41.6 Å². The lowest BCUT2D eigenvalue weighted by atomic mass is 10.1. The van der Waals surface area contributed by atoms with Crippen LogP contribution >= 0.6 is 0 Å². The summed E-state index contributed by atoms with van der Waals surface area (Å²) in [6, 6.07) is 17.6. The zero-order chi connectivity index (χ0) is 15.5. The second-order valence-electron chi connectivity index (χ2n) is 4.92. The van der Waals surface area contributed by atoms with E-state index in [-0.39, 0.29) is 0 Å². The number of nitrogens with zero attached hydrogens (tertiary/aromatic N) is 3. The fourth-order valence-electron chi connectivity index (χ4n) is 2.38. The van der Waals surface area contributed by atoms with Crippen LogP contribution in [0.3, 0.4) is 0 Å². The van der Waals surface area contributed by atoms with Crippen molar-refractivity contribution in [2.45, 2.75) is 0 Å². The zero-order valence-corrected chi connectivity index (χ0v) is 12.1. The Hall–Kier alpha value is -3.30. The van der Waals surface area contributed by atoms with Crippen LogP contribution in [0, 0.1) is 23.7 Å². The number of aromatic nitrogens is 2. The summed E-state index contributed by atoms with van der Waals surface area (Å²) in [4.78, 5) is 4.55. The van der Waals surface area contributed by atoms with Gasteiger partial charge in [-0.25, -0.2) is 4.98 Å². The molecule has 0 amide bonds. The molecule has 3 aromatic rings. The highest BCUT2D eigenvalue weighted by Crippen LogP contribution is 2.22. The first kappa shape index (κ1) is 13.7. The van der Waals surface area contributed by atoms with Crippen molar-refractivity contribution in [1.29, 1.82) is 5.26 Å². The molecule has 0 saturated carbocycles. The second-order valence-corrected chi connectivity index (χ2v) is 4.92. The molecule has 0 N–H and O–H groups in total. The summed E-state index contributed by atoms with van der Waals surface area (Å²) in [5, 5.41) is 9.49. The zero-order valence-electron chi connectivity index (χ0n) is 12.1. The van der Waals surface area contributed by atoms with Crippen LogP contribution in [0.15, 0.2) is 48.5 Å². The van der Waals surface area contributed by atoms with Gasteiger partial charge in [0.1, 0.15) is 6.07 Å². The van der Waals surface area contributed by atoms with Gasteiger partial charge in [-0.1, -0.05) is 30.2 Å². The highest BCUT2D eigenvalue weighted by atomic mass is 15.1. The van der Waals surface area contributed by atoms with E-state index in [0.717, 1.165) is 22.2 Å². The Morgan fingerprint density at radius 3 is 2.55 bits per heavy atom. The van der Waals surface area contributed by atoms with Crippen molar-refractivity contribution in [3.05, 3.63) is 65.5 Å². The van der Waals surface area contributed by atoms with Crippen molar-refractivity contribution in [3.8, 4) is 18.4 Å². The Bertz CT molecular complexity index is 945. The molecule has 3 heteroatoms. The number of para-hydroxylation sites is 2. The van der Waals surface area contributed by atoms with Crippen LogP contribution in [0.5, 0.6) is 0 Å². The van der Waals surface area contributed by atoms with Crippen molar-refractivity contribution in [2.75, 3.05) is 0 Å². The van der Waals surface area contributed by atoms with E-state index in [4.69, 9.17) is 6.42 Å². The third-order valence-electron chi connectivity index (χ3n) is 3.54. The average Bonchev–Trinajstić information content (AvgIpc) is 2.90. The van der Waals surface area contributed by atoms with E-state index >= 15 is 0 Å². The summed E-state index contributed by atoms with van der Waals surface area (Å²) < 4.78 is 1.93. The number of allylic oxidation sites excluding steroid dienone is 1. The number of aryl methyl sites for hydroxylation is 1. The molecule has 0 spiro atoms. The summed E-state index contributed by atoms with van der Waals surface area (Å²) in [6.07, 6.45) is 7.17. The highest BCUT2D eigenvalue weighted by molar-refractivity contribution is 5.90. The fourth-order valence-corrected chi connectivity index (χ4v) is 2.38. The van der Waals surface area contributed by atoms with Gasteiger partial charge in [0.2, 0.25) is 0 Å². The monoisotopic (exact) mass is 283 g/mol. The molecule has 0 atom stereocenters. The normalized spacial score (nSPS) is 11.1. The molecule has 0 aliphatic rings. The maximum Gasteiger partial charge on any atom is 0.151 e. The molecule has 1 heterocycles. The average molecular weight is 283 g/mol. The summed E-state index contributed by atoms with van der Waals surface area (Å²) in [7, 11) is 1.91. The van der Waals surface area contributed by atoms with E-state index in [0.29, 0.717) is 11.4 Å². The van der Waals surface area contributed by atoms with Gasteiger partial charge in [0, 0.05) is 12.6 Å². The third-order valence-corrected chi connectivity index (χ3v) is 3.54. The van der Waals surface area contributed by atoms with Crippen LogP contribution < -0.4 is 0 Å². The van der Waals surface area contributed by atoms with Gasteiger partial charge in [-0.3, -0.25) is 0 Å². The minimum atomic E-state index is 0.521. The predicted molar refractivity (Wildman–Crippen MR) is 88.6 cm³/mol. The SMILES string of the molecule is C#Cc1ccc(/C=C(/C#N)c2nc3ccccc3n2C)cc1. The lowest BCUT2D eigenvalue weighted by Gasteiger charge is -2.01. The van der Waals surface area contributed by atoms with Gasteiger partial charge in [-0.15, -0.1) is 6.42 Å². The summed E-state index contributed by atoms with van der Waals surface area (Å²) in [5.74, 6) is 3.24. The molecule has 0 fully saturated rings. The van der Waals surface area contributed by atoms with E-state index in [9.17, 15) is 5.26 Å². The Labute approximate surface area is 129 Å². The predicted octanol–water partition coefficient (Wildman–Crippen LogP) is 3.62. The van der Waals surface area contributed by atoms with Gasteiger partial charge < -0.3 is 4.57 Å². The van der Waals surface area contributed by atoms with Gasteiger partial charge in [0.25, 0.3) is 0 Å². The van der Waals surface area contributed by atoms with E-state index in [1.54, 1.807) is 0 Å². The van der Waals surface area contributed by atoms with Crippen molar-refractivity contribution in [2.24, 2.45) is 7.05 Å². The van der Waals surface area contributed by atoms with E-state index in [1.807, 2.05) is 66.2 Å². The van der Waals surface area contributed by atoms with Gasteiger partial charge >= 0.3 is 0 Å². The van der Waals surface area contributed by atoms with Crippen molar-refractivity contribution < 1.29 is 0 Å². The number of hydrogen-bond acceptors (Lipinski definition) is 2. The van der Waals surface area contributed by atoms with Crippen molar-refractivity contribution in [1.82, 2.24) is 9.55 Å². The molecule has 0 radical (unpaired) electrons. The first-order valence-electron chi connectivity index (χ1n) is 6.83. The molecule has 0 aliphatic carbocycles. The van der Waals surface area contributed by atoms with Gasteiger partial charge in [-0.2, -0.15) is 5.26 Å². The van der Waals surface area contributed by atoms with E-state index in [2.05, 4.69) is 17.0 Å². The number of nitriles is 1.